The maximum atomic E-state index is 13.6. The average Bonchev–Trinajstić information content (AvgIpc) is 2.66. The van der Waals surface area contributed by atoms with Gasteiger partial charge in [0.25, 0.3) is 5.91 Å². The van der Waals surface area contributed by atoms with Gasteiger partial charge in [-0.15, -0.1) is 0 Å². The Morgan fingerprint density at radius 1 is 1.00 bits per heavy atom. The van der Waals surface area contributed by atoms with Gasteiger partial charge in [-0.1, -0.05) is 31.2 Å². The highest BCUT2D eigenvalue weighted by atomic mass is 19.1. The van der Waals surface area contributed by atoms with Gasteiger partial charge in [0.2, 0.25) is 0 Å². The third-order valence-electron chi connectivity index (χ3n) is 3.87. The molecule has 4 nitrogen and oxygen atoms in total. The van der Waals surface area contributed by atoms with Gasteiger partial charge in [-0.2, -0.15) is 0 Å². The maximum absolute atomic E-state index is 13.6. The minimum Gasteiger partial charge on any atom is -0.354 e. The first-order chi connectivity index (χ1) is 12.6. The molecule has 3 aromatic rings. The first kappa shape index (κ1) is 17.5. The van der Waals surface area contributed by atoms with Crippen LogP contribution in [0.2, 0.25) is 0 Å². The third kappa shape index (κ3) is 3.85. The molecule has 0 radical (unpaired) electrons. The molecule has 0 spiro atoms. The summed E-state index contributed by atoms with van der Waals surface area (Å²) in [6.45, 7) is 2.06. The van der Waals surface area contributed by atoms with Gasteiger partial charge in [0, 0.05) is 5.69 Å². The zero-order valence-electron chi connectivity index (χ0n) is 14.1. The van der Waals surface area contributed by atoms with Crippen LogP contribution in [0.25, 0.3) is 0 Å². The van der Waals surface area contributed by atoms with Crippen LogP contribution < -0.4 is 10.6 Å². The number of hydrogen-bond donors (Lipinski definition) is 2. The lowest BCUT2D eigenvalue weighted by atomic mass is 10.1. The summed E-state index contributed by atoms with van der Waals surface area (Å²) in [7, 11) is 0. The van der Waals surface area contributed by atoms with Crippen LogP contribution in [0.4, 0.5) is 25.8 Å². The number of halogens is 2. The number of aryl methyl sites for hydroxylation is 1. The monoisotopic (exact) mass is 353 g/mol. The number of carbonyl (C=O) groups excluding carboxylic acids is 1. The summed E-state index contributed by atoms with van der Waals surface area (Å²) >= 11 is 0. The van der Waals surface area contributed by atoms with Gasteiger partial charge in [-0.3, -0.25) is 4.79 Å². The summed E-state index contributed by atoms with van der Waals surface area (Å²) in [5, 5.41) is 5.45. The van der Waals surface area contributed by atoms with Crippen molar-refractivity contribution >= 4 is 23.0 Å². The van der Waals surface area contributed by atoms with Crippen LogP contribution in [0.1, 0.15) is 23.0 Å². The highest BCUT2D eigenvalue weighted by Gasteiger charge is 2.14. The Morgan fingerprint density at radius 3 is 2.38 bits per heavy atom. The van der Waals surface area contributed by atoms with E-state index in [0.29, 0.717) is 5.69 Å². The third-order valence-corrected chi connectivity index (χ3v) is 3.87. The van der Waals surface area contributed by atoms with Gasteiger partial charge >= 0.3 is 0 Å². The van der Waals surface area contributed by atoms with Crippen molar-refractivity contribution in [2.24, 2.45) is 0 Å². The number of anilines is 3. The molecule has 26 heavy (non-hydrogen) atoms. The zero-order valence-corrected chi connectivity index (χ0v) is 14.1. The van der Waals surface area contributed by atoms with Gasteiger partial charge in [0.05, 0.1) is 11.9 Å². The van der Waals surface area contributed by atoms with Crippen LogP contribution in [0.15, 0.2) is 60.8 Å². The van der Waals surface area contributed by atoms with Crippen LogP contribution in [-0.2, 0) is 6.42 Å². The van der Waals surface area contributed by atoms with E-state index in [2.05, 4.69) is 22.5 Å². The van der Waals surface area contributed by atoms with Crippen LogP contribution in [0.5, 0.6) is 0 Å². The number of rotatable bonds is 5. The molecule has 6 heteroatoms. The summed E-state index contributed by atoms with van der Waals surface area (Å²) < 4.78 is 27.2. The quantitative estimate of drug-likeness (QED) is 0.685. The number of pyridine rings is 1. The van der Waals surface area contributed by atoms with Crippen molar-refractivity contribution in [1.82, 2.24) is 4.98 Å². The molecule has 0 atom stereocenters. The summed E-state index contributed by atoms with van der Waals surface area (Å²) in [5.41, 5.74) is 2.40. The lowest BCUT2D eigenvalue weighted by Gasteiger charge is -2.11. The Bertz CT molecular complexity index is 906. The highest BCUT2D eigenvalue weighted by molar-refractivity contribution is 6.03. The largest absolute Gasteiger partial charge is 0.354 e. The van der Waals surface area contributed by atoms with Gasteiger partial charge in [-0.25, -0.2) is 13.8 Å². The van der Waals surface area contributed by atoms with E-state index < -0.39 is 23.2 Å². The van der Waals surface area contributed by atoms with Crippen LogP contribution >= 0.6 is 0 Å². The van der Waals surface area contributed by atoms with Crippen LogP contribution in [0, 0.1) is 11.6 Å². The first-order valence-corrected chi connectivity index (χ1v) is 8.15. The summed E-state index contributed by atoms with van der Waals surface area (Å²) in [6.07, 6.45) is 2.38. The molecular formula is C20H17F2N3O. The number of nitrogens with zero attached hydrogens (tertiary/aromatic N) is 1. The fraction of sp³-hybridized carbons (Fsp3) is 0.100. The zero-order chi connectivity index (χ0) is 18.5. The minimum atomic E-state index is -0.840. The predicted molar refractivity (Wildman–Crippen MR) is 97.7 cm³/mol. The van der Waals surface area contributed by atoms with Crippen LogP contribution in [0.3, 0.4) is 0 Å². The molecule has 1 amide bonds. The second kappa shape index (κ2) is 7.74. The summed E-state index contributed by atoms with van der Waals surface area (Å²) in [4.78, 5) is 16.2. The molecule has 1 aromatic heterocycles. The second-order valence-corrected chi connectivity index (χ2v) is 5.62. The second-order valence-electron chi connectivity index (χ2n) is 5.62. The van der Waals surface area contributed by atoms with Crippen molar-refractivity contribution in [1.29, 1.82) is 0 Å². The smallest absolute Gasteiger partial charge is 0.274 e. The normalized spacial score (nSPS) is 10.4. The SMILES string of the molecule is CCc1ccccc1Nc1ccc(C(=O)Nc2c(F)cccc2F)nc1. The molecule has 2 N–H and O–H groups in total. The number of para-hydroxylation sites is 2. The topological polar surface area (TPSA) is 54.0 Å². The number of aromatic nitrogens is 1. The lowest BCUT2D eigenvalue weighted by molar-refractivity contribution is 0.102. The summed E-state index contributed by atoms with van der Waals surface area (Å²) in [5.74, 6) is -2.37. The van der Waals surface area contributed by atoms with Crippen molar-refractivity contribution in [2.75, 3.05) is 10.6 Å². The molecule has 132 valence electrons. The molecule has 1 heterocycles. The molecule has 0 unspecified atom stereocenters. The van der Waals surface area contributed by atoms with Crippen molar-refractivity contribution in [3.05, 3.63) is 83.7 Å². The minimum absolute atomic E-state index is 0.0574. The van der Waals surface area contributed by atoms with Gasteiger partial charge in [-0.05, 0) is 42.3 Å². The first-order valence-electron chi connectivity index (χ1n) is 8.15. The van der Waals surface area contributed by atoms with E-state index in [1.54, 1.807) is 6.07 Å². The van der Waals surface area contributed by atoms with E-state index in [0.717, 1.165) is 29.8 Å². The Labute approximate surface area is 149 Å². The fourth-order valence-electron chi connectivity index (χ4n) is 2.50. The van der Waals surface area contributed by atoms with E-state index in [4.69, 9.17) is 0 Å². The lowest BCUT2D eigenvalue weighted by Crippen LogP contribution is -2.15. The Balaban J connectivity index is 1.74. The summed E-state index contributed by atoms with van der Waals surface area (Å²) in [6, 6.07) is 14.4. The number of benzene rings is 2. The predicted octanol–water partition coefficient (Wildman–Crippen LogP) is 4.92. The molecular weight excluding hydrogens is 336 g/mol. The van der Waals surface area contributed by atoms with E-state index >= 15 is 0 Å². The molecule has 0 aliphatic carbocycles. The molecule has 0 saturated heterocycles. The molecule has 0 bridgehead atoms. The fourth-order valence-corrected chi connectivity index (χ4v) is 2.50. The van der Waals surface area contributed by atoms with E-state index in [-0.39, 0.29) is 5.69 Å². The Kier molecular flexibility index (Phi) is 5.22. The highest BCUT2D eigenvalue weighted by Crippen LogP contribution is 2.22. The average molecular weight is 353 g/mol. The van der Waals surface area contributed by atoms with Crippen molar-refractivity contribution in [3.63, 3.8) is 0 Å². The van der Waals surface area contributed by atoms with Crippen molar-refractivity contribution < 1.29 is 13.6 Å². The molecule has 0 aliphatic rings. The molecule has 3 rings (SSSR count). The molecule has 0 saturated carbocycles. The Hall–Kier alpha value is -3.28. The van der Waals surface area contributed by atoms with E-state index in [1.807, 2.05) is 24.3 Å². The molecule has 0 fully saturated rings. The van der Waals surface area contributed by atoms with E-state index in [9.17, 15) is 13.6 Å². The van der Waals surface area contributed by atoms with Crippen LogP contribution in [-0.4, -0.2) is 10.9 Å². The number of nitrogens with one attached hydrogen (secondary N) is 2. The maximum Gasteiger partial charge on any atom is 0.274 e. The van der Waals surface area contributed by atoms with E-state index in [1.165, 1.54) is 18.3 Å². The number of amides is 1. The van der Waals surface area contributed by atoms with Gasteiger partial charge < -0.3 is 10.6 Å². The van der Waals surface area contributed by atoms with Crippen molar-refractivity contribution in [3.8, 4) is 0 Å². The number of hydrogen-bond acceptors (Lipinski definition) is 3. The Morgan fingerprint density at radius 2 is 1.73 bits per heavy atom. The number of carbonyl (C=O) groups is 1. The van der Waals surface area contributed by atoms with Crippen molar-refractivity contribution in [2.45, 2.75) is 13.3 Å². The molecule has 0 aliphatic heterocycles. The van der Waals surface area contributed by atoms with Gasteiger partial charge in [0.15, 0.2) is 0 Å². The standard InChI is InChI=1S/C20H17F2N3O/c1-2-13-6-3-4-9-17(13)24-14-10-11-18(23-12-14)20(26)25-19-15(21)7-5-8-16(19)22/h3-12,24H,2H2,1H3,(H,25,26). The van der Waals surface area contributed by atoms with Gasteiger partial charge in [0.1, 0.15) is 23.0 Å². The molecule has 2 aromatic carbocycles.